The maximum Gasteiger partial charge on any atom is 0.109 e. The van der Waals surface area contributed by atoms with Crippen molar-refractivity contribution in [3.05, 3.63) is 16.6 Å². The fourth-order valence-corrected chi connectivity index (χ4v) is 4.08. The van der Waals surface area contributed by atoms with Crippen molar-refractivity contribution in [2.24, 2.45) is 0 Å². The molecule has 2 saturated heterocycles. The first-order valence-corrected chi connectivity index (χ1v) is 8.10. The second kappa shape index (κ2) is 5.68. The molecule has 0 N–H and O–H groups in total. The van der Waals surface area contributed by atoms with E-state index < -0.39 is 0 Å². The summed E-state index contributed by atoms with van der Waals surface area (Å²) >= 11 is 1.79. The number of aromatic nitrogens is 1. The minimum Gasteiger partial charge on any atom is -0.299 e. The predicted octanol–water partition coefficient (Wildman–Crippen LogP) is 2.76. The first kappa shape index (κ1) is 12.6. The van der Waals surface area contributed by atoms with E-state index >= 15 is 0 Å². The van der Waals surface area contributed by atoms with Gasteiger partial charge in [0, 0.05) is 30.7 Å². The lowest BCUT2D eigenvalue weighted by molar-refractivity contribution is 0.123. The van der Waals surface area contributed by atoms with E-state index in [-0.39, 0.29) is 0 Å². The fourth-order valence-electron chi connectivity index (χ4n) is 3.35. The van der Waals surface area contributed by atoms with E-state index in [0.29, 0.717) is 6.04 Å². The Morgan fingerprint density at radius 1 is 1.28 bits per heavy atom. The molecule has 2 atom stereocenters. The van der Waals surface area contributed by atoms with Crippen molar-refractivity contribution in [3.63, 3.8) is 0 Å². The molecule has 0 bridgehead atoms. The zero-order valence-electron chi connectivity index (χ0n) is 11.2. The normalized spacial score (nSPS) is 28.6. The van der Waals surface area contributed by atoms with Gasteiger partial charge in [0.25, 0.3) is 0 Å². The molecule has 4 heteroatoms. The molecule has 3 heterocycles. The van der Waals surface area contributed by atoms with Gasteiger partial charge in [-0.25, -0.2) is 4.98 Å². The molecule has 0 radical (unpaired) electrons. The highest BCUT2D eigenvalue weighted by Crippen LogP contribution is 2.27. The molecule has 2 fully saturated rings. The lowest BCUT2D eigenvalue weighted by Crippen LogP contribution is -2.44. The summed E-state index contributed by atoms with van der Waals surface area (Å²) in [6.45, 7) is 7.40. The third kappa shape index (κ3) is 2.60. The standard InChI is InChI=1S/C14H23N3S/c1-12(14-15-6-10-18-14)17-9-4-8-16-7-3-2-5-13(16)11-17/h6,10,12-13H,2-5,7-9,11H2,1H3. The van der Waals surface area contributed by atoms with E-state index in [1.165, 1.54) is 56.9 Å². The van der Waals surface area contributed by atoms with Gasteiger partial charge in [-0.15, -0.1) is 11.3 Å². The van der Waals surface area contributed by atoms with Crippen molar-refractivity contribution in [2.45, 2.75) is 44.7 Å². The first-order chi connectivity index (χ1) is 8.84. The van der Waals surface area contributed by atoms with E-state index in [2.05, 4.69) is 27.1 Å². The Balaban J connectivity index is 1.69. The summed E-state index contributed by atoms with van der Waals surface area (Å²) in [7, 11) is 0. The average Bonchev–Trinajstić information content (AvgIpc) is 2.84. The summed E-state index contributed by atoms with van der Waals surface area (Å²) in [5, 5.41) is 3.37. The van der Waals surface area contributed by atoms with E-state index in [1.807, 2.05) is 6.20 Å². The SMILES string of the molecule is CC(c1nccs1)N1CCCN2CCCCC2C1. The van der Waals surface area contributed by atoms with Crippen LogP contribution in [-0.2, 0) is 0 Å². The van der Waals surface area contributed by atoms with Crippen LogP contribution in [0.5, 0.6) is 0 Å². The van der Waals surface area contributed by atoms with Gasteiger partial charge in [0.15, 0.2) is 0 Å². The minimum atomic E-state index is 0.492. The summed E-state index contributed by atoms with van der Waals surface area (Å²) in [6.07, 6.45) is 7.45. The molecule has 0 aromatic carbocycles. The van der Waals surface area contributed by atoms with Gasteiger partial charge < -0.3 is 0 Å². The highest BCUT2D eigenvalue weighted by molar-refractivity contribution is 7.09. The smallest absolute Gasteiger partial charge is 0.109 e. The molecule has 0 amide bonds. The summed E-state index contributed by atoms with van der Waals surface area (Å²) in [5.74, 6) is 0. The van der Waals surface area contributed by atoms with Crippen LogP contribution in [0.25, 0.3) is 0 Å². The molecule has 1 aromatic rings. The second-order valence-corrected chi connectivity index (χ2v) is 6.51. The van der Waals surface area contributed by atoms with Gasteiger partial charge in [0.05, 0.1) is 6.04 Å². The molecule has 18 heavy (non-hydrogen) atoms. The van der Waals surface area contributed by atoms with Crippen molar-refractivity contribution < 1.29 is 0 Å². The van der Waals surface area contributed by atoms with Crippen molar-refractivity contribution in [1.82, 2.24) is 14.8 Å². The van der Waals surface area contributed by atoms with Gasteiger partial charge in [-0.2, -0.15) is 0 Å². The van der Waals surface area contributed by atoms with E-state index in [9.17, 15) is 0 Å². The predicted molar refractivity (Wildman–Crippen MR) is 75.9 cm³/mol. The quantitative estimate of drug-likeness (QED) is 0.819. The van der Waals surface area contributed by atoms with Crippen LogP contribution < -0.4 is 0 Å². The summed E-state index contributed by atoms with van der Waals surface area (Å²) in [5.41, 5.74) is 0. The molecule has 3 rings (SSSR count). The second-order valence-electron chi connectivity index (χ2n) is 5.58. The molecule has 100 valence electrons. The Kier molecular flexibility index (Phi) is 3.97. The van der Waals surface area contributed by atoms with Crippen LogP contribution in [0.15, 0.2) is 11.6 Å². The molecule has 1 aromatic heterocycles. The minimum absolute atomic E-state index is 0.492. The summed E-state index contributed by atoms with van der Waals surface area (Å²) < 4.78 is 0. The van der Waals surface area contributed by atoms with Crippen LogP contribution in [0.1, 0.15) is 43.7 Å². The highest BCUT2D eigenvalue weighted by atomic mass is 32.1. The van der Waals surface area contributed by atoms with Gasteiger partial charge >= 0.3 is 0 Å². The lowest BCUT2D eigenvalue weighted by atomic mass is 10.0. The lowest BCUT2D eigenvalue weighted by Gasteiger charge is -2.36. The third-order valence-corrected chi connectivity index (χ3v) is 5.39. The van der Waals surface area contributed by atoms with Crippen molar-refractivity contribution >= 4 is 11.3 Å². The molecule has 0 spiro atoms. The van der Waals surface area contributed by atoms with E-state index in [4.69, 9.17) is 0 Å². The van der Waals surface area contributed by atoms with Crippen LogP contribution in [0.4, 0.5) is 0 Å². The monoisotopic (exact) mass is 265 g/mol. The number of hydrogen-bond acceptors (Lipinski definition) is 4. The van der Waals surface area contributed by atoms with Crippen LogP contribution in [0.3, 0.4) is 0 Å². The number of thiazole rings is 1. The van der Waals surface area contributed by atoms with Crippen molar-refractivity contribution in [2.75, 3.05) is 26.2 Å². The largest absolute Gasteiger partial charge is 0.299 e. The van der Waals surface area contributed by atoms with Crippen molar-refractivity contribution in [3.8, 4) is 0 Å². The molecular weight excluding hydrogens is 242 g/mol. The Hall–Kier alpha value is -0.450. The van der Waals surface area contributed by atoms with Crippen LogP contribution in [0.2, 0.25) is 0 Å². The van der Waals surface area contributed by atoms with Crippen molar-refractivity contribution in [1.29, 1.82) is 0 Å². The zero-order valence-corrected chi connectivity index (χ0v) is 12.0. The van der Waals surface area contributed by atoms with Gasteiger partial charge in [-0.1, -0.05) is 6.42 Å². The first-order valence-electron chi connectivity index (χ1n) is 7.22. The van der Waals surface area contributed by atoms with Gasteiger partial charge in [0.1, 0.15) is 5.01 Å². The van der Waals surface area contributed by atoms with Crippen LogP contribution >= 0.6 is 11.3 Å². The molecule has 0 aliphatic carbocycles. The number of hydrogen-bond donors (Lipinski definition) is 0. The molecule has 2 aliphatic heterocycles. The van der Waals surface area contributed by atoms with Gasteiger partial charge in [-0.05, 0) is 39.3 Å². The number of piperidine rings is 1. The molecule has 0 saturated carbocycles. The number of nitrogens with zero attached hydrogens (tertiary/aromatic N) is 3. The number of fused-ring (bicyclic) bond motifs is 1. The Morgan fingerprint density at radius 2 is 2.17 bits per heavy atom. The maximum absolute atomic E-state index is 4.49. The third-order valence-electron chi connectivity index (χ3n) is 4.44. The fraction of sp³-hybridized carbons (Fsp3) is 0.786. The topological polar surface area (TPSA) is 19.4 Å². The van der Waals surface area contributed by atoms with Crippen LogP contribution in [0, 0.1) is 0 Å². The molecule has 2 aliphatic rings. The van der Waals surface area contributed by atoms with E-state index in [0.717, 1.165) is 6.04 Å². The maximum atomic E-state index is 4.49. The Labute approximate surface area is 114 Å². The Bertz CT molecular complexity index is 365. The molecule has 3 nitrogen and oxygen atoms in total. The molecular formula is C14H23N3S. The summed E-state index contributed by atoms with van der Waals surface area (Å²) in [6, 6.07) is 1.29. The highest BCUT2D eigenvalue weighted by Gasteiger charge is 2.29. The van der Waals surface area contributed by atoms with Gasteiger partial charge in [-0.3, -0.25) is 9.80 Å². The summed E-state index contributed by atoms with van der Waals surface area (Å²) in [4.78, 5) is 9.86. The zero-order chi connectivity index (χ0) is 12.4. The number of rotatable bonds is 2. The van der Waals surface area contributed by atoms with Crippen LogP contribution in [-0.4, -0.2) is 47.0 Å². The molecule has 2 unspecified atom stereocenters. The van der Waals surface area contributed by atoms with Gasteiger partial charge in [0.2, 0.25) is 0 Å². The average molecular weight is 265 g/mol. The Morgan fingerprint density at radius 3 is 3.00 bits per heavy atom. The van der Waals surface area contributed by atoms with E-state index in [1.54, 1.807) is 11.3 Å².